The zero-order valence-corrected chi connectivity index (χ0v) is 8.96. The Morgan fingerprint density at radius 3 is 2.62 bits per heavy atom. The minimum absolute atomic E-state index is 0.108. The maximum absolute atomic E-state index is 12.8. The minimum atomic E-state index is -0.503. The number of benzene rings is 1. The first kappa shape index (κ1) is 10.3. The Labute approximate surface area is 88.3 Å². The van der Waals surface area contributed by atoms with Crippen molar-refractivity contribution >= 4 is 34.7 Å². The summed E-state index contributed by atoms with van der Waals surface area (Å²) in [7, 11) is 0. The number of aldehydes is 1. The number of hydrogen-bond donors (Lipinski definition) is 0. The summed E-state index contributed by atoms with van der Waals surface area (Å²) in [5.41, 5.74) is 0.397. The molecule has 0 bridgehead atoms. The molecule has 0 unspecified atom stereocenters. The normalized spacial score (nSPS) is 9.77. The molecule has 0 N–H and O–H groups in total. The molecule has 1 aromatic rings. The molecule has 0 saturated carbocycles. The van der Waals surface area contributed by atoms with Crippen molar-refractivity contribution in [2.24, 2.45) is 0 Å². The van der Waals surface area contributed by atoms with Gasteiger partial charge in [0.15, 0.2) is 12.1 Å². The zero-order valence-electron chi connectivity index (χ0n) is 6.80. The molecule has 0 heterocycles. The van der Waals surface area contributed by atoms with Crippen LogP contribution in [0.5, 0.6) is 0 Å². The van der Waals surface area contributed by atoms with Gasteiger partial charge in [-0.3, -0.25) is 9.59 Å². The van der Waals surface area contributed by atoms with Crippen molar-refractivity contribution in [1.29, 1.82) is 0 Å². The van der Waals surface area contributed by atoms with Gasteiger partial charge in [-0.05, 0) is 41.6 Å². The van der Waals surface area contributed by atoms with Crippen LogP contribution in [-0.2, 0) is 0 Å². The van der Waals surface area contributed by atoms with E-state index in [4.69, 9.17) is 0 Å². The molecule has 1 aromatic carbocycles. The van der Waals surface area contributed by atoms with Gasteiger partial charge in [-0.2, -0.15) is 0 Å². The number of carbonyl (C=O) groups excluding carboxylic acids is 2. The Morgan fingerprint density at radius 2 is 2.15 bits per heavy atom. The highest BCUT2D eigenvalue weighted by Crippen LogP contribution is 2.18. The first-order chi connectivity index (χ1) is 6.06. The third-order valence-electron chi connectivity index (χ3n) is 1.56. The van der Waals surface area contributed by atoms with Crippen LogP contribution in [0.1, 0.15) is 27.6 Å². The summed E-state index contributed by atoms with van der Waals surface area (Å²) in [5.74, 6) is -0.733. The zero-order chi connectivity index (χ0) is 10.0. The maximum atomic E-state index is 12.8. The van der Waals surface area contributed by atoms with Crippen LogP contribution in [0.15, 0.2) is 12.1 Å². The Hall–Kier alpha value is -0.780. The highest BCUT2D eigenvalue weighted by Gasteiger charge is 2.12. The first-order valence-corrected chi connectivity index (χ1v) is 4.59. The van der Waals surface area contributed by atoms with Crippen LogP contribution in [0.25, 0.3) is 0 Å². The molecule has 4 heteroatoms. The second-order valence-corrected chi connectivity index (χ2v) is 3.69. The fraction of sp³-hybridized carbons (Fsp3) is 0.111. The third-order valence-corrected chi connectivity index (χ3v) is 2.42. The molecular formula is C9H6FIO2. The Bertz CT molecular complexity index is 374. The van der Waals surface area contributed by atoms with Gasteiger partial charge in [-0.15, -0.1) is 0 Å². The van der Waals surface area contributed by atoms with Gasteiger partial charge >= 0.3 is 0 Å². The molecule has 0 fully saturated rings. The summed E-state index contributed by atoms with van der Waals surface area (Å²) in [4.78, 5) is 21.6. The lowest BCUT2D eigenvalue weighted by Gasteiger charge is -2.03. The van der Waals surface area contributed by atoms with Crippen LogP contribution in [-0.4, -0.2) is 12.1 Å². The predicted molar refractivity (Wildman–Crippen MR) is 54.5 cm³/mol. The monoisotopic (exact) mass is 292 g/mol. The average molecular weight is 292 g/mol. The first-order valence-electron chi connectivity index (χ1n) is 3.51. The topological polar surface area (TPSA) is 34.1 Å². The van der Waals surface area contributed by atoms with E-state index >= 15 is 0 Å². The third kappa shape index (κ3) is 2.12. The number of carbonyl (C=O) groups is 2. The quantitative estimate of drug-likeness (QED) is 0.476. The van der Waals surface area contributed by atoms with Gasteiger partial charge in [0, 0.05) is 14.7 Å². The summed E-state index contributed by atoms with van der Waals surface area (Å²) >= 11 is 1.83. The molecule has 68 valence electrons. The number of Topliss-reactive ketones (excluding diaryl/α,β-unsaturated/α-hetero) is 1. The molecule has 0 spiro atoms. The molecule has 0 aliphatic rings. The van der Waals surface area contributed by atoms with Crippen LogP contribution >= 0.6 is 22.6 Å². The summed E-state index contributed by atoms with van der Waals surface area (Å²) in [6.07, 6.45) is 0.488. The van der Waals surface area contributed by atoms with Crippen molar-refractivity contribution in [3.8, 4) is 0 Å². The number of hydrogen-bond acceptors (Lipinski definition) is 2. The average Bonchev–Trinajstić information content (AvgIpc) is 2.01. The molecule has 1 rings (SSSR count). The Kier molecular flexibility index (Phi) is 3.13. The van der Waals surface area contributed by atoms with E-state index in [-0.39, 0.29) is 16.9 Å². The SMILES string of the molecule is CC(=O)c1c(I)cc(F)cc1C=O. The lowest BCUT2D eigenvalue weighted by Crippen LogP contribution is -2.03. The van der Waals surface area contributed by atoms with Crippen LogP contribution in [0.4, 0.5) is 4.39 Å². The van der Waals surface area contributed by atoms with Crippen molar-refractivity contribution in [3.63, 3.8) is 0 Å². The number of halogens is 2. The second kappa shape index (κ2) is 3.95. The summed E-state index contributed by atoms with van der Waals surface area (Å²) in [6, 6.07) is 2.29. The fourth-order valence-electron chi connectivity index (χ4n) is 1.06. The molecule has 0 amide bonds. The predicted octanol–water partition coefficient (Wildman–Crippen LogP) is 2.45. The van der Waals surface area contributed by atoms with Crippen molar-refractivity contribution in [2.45, 2.75) is 6.92 Å². The second-order valence-electron chi connectivity index (χ2n) is 2.53. The van der Waals surface area contributed by atoms with E-state index in [1.54, 1.807) is 0 Å². The van der Waals surface area contributed by atoms with Crippen molar-refractivity contribution in [1.82, 2.24) is 0 Å². The molecule has 0 aromatic heterocycles. The Morgan fingerprint density at radius 1 is 1.54 bits per heavy atom. The van der Waals surface area contributed by atoms with Gasteiger partial charge < -0.3 is 0 Å². The van der Waals surface area contributed by atoms with Crippen molar-refractivity contribution in [2.75, 3.05) is 0 Å². The lowest BCUT2D eigenvalue weighted by atomic mass is 10.1. The Balaban J connectivity index is 3.47. The van der Waals surface area contributed by atoms with Gasteiger partial charge in [-0.25, -0.2) is 4.39 Å². The largest absolute Gasteiger partial charge is 0.298 e. The van der Waals surface area contributed by atoms with Gasteiger partial charge in [-0.1, -0.05) is 0 Å². The van der Waals surface area contributed by atoms with E-state index in [2.05, 4.69) is 0 Å². The van der Waals surface area contributed by atoms with E-state index in [1.807, 2.05) is 22.6 Å². The minimum Gasteiger partial charge on any atom is -0.298 e. The molecule has 0 aliphatic heterocycles. The van der Waals surface area contributed by atoms with Gasteiger partial charge in [0.2, 0.25) is 0 Å². The van der Waals surface area contributed by atoms with Gasteiger partial charge in [0.05, 0.1) is 0 Å². The summed E-state index contributed by atoms with van der Waals surface area (Å²) in [5, 5.41) is 0. The smallest absolute Gasteiger partial charge is 0.161 e. The van der Waals surface area contributed by atoms with E-state index in [9.17, 15) is 14.0 Å². The van der Waals surface area contributed by atoms with Crippen LogP contribution in [0.3, 0.4) is 0 Å². The number of ketones is 1. The highest BCUT2D eigenvalue weighted by atomic mass is 127. The van der Waals surface area contributed by atoms with E-state index in [1.165, 1.54) is 13.0 Å². The highest BCUT2D eigenvalue weighted by molar-refractivity contribution is 14.1. The molecule has 0 saturated heterocycles. The standard InChI is InChI=1S/C9H6FIO2/c1-5(13)9-6(4-12)2-7(10)3-8(9)11/h2-4H,1H3. The van der Waals surface area contributed by atoms with Crippen LogP contribution < -0.4 is 0 Å². The van der Waals surface area contributed by atoms with Crippen LogP contribution in [0.2, 0.25) is 0 Å². The fourth-order valence-corrected chi connectivity index (χ4v) is 2.05. The van der Waals surface area contributed by atoms with Crippen molar-refractivity contribution < 1.29 is 14.0 Å². The summed E-state index contributed by atoms with van der Waals surface area (Å²) < 4.78 is 13.2. The van der Waals surface area contributed by atoms with Gasteiger partial charge in [0.25, 0.3) is 0 Å². The lowest BCUT2D eigenvalue weighted by molar-refractivity contribution is 0.100. The van der Waals surface area contributed by atoms with Crippen LogP contribution in [0, 0.1) is 9.39 Å². The maximum Gasteiger partial charge on any atom is 0.161 e. The molecular weight excluding hydrogens is 286 g/mol. The number of rotatable bonds is 2. The molecule has 0 radical (unpaired) electrons. The van der Waals surface area contributed by atoms with Gasteiger partial charge in [0.1, 0.15) is 5.82 Å². The van der Waals surface area contributed by atoms with Crippen molar-refractivity contribution in [3.05, 3.63) is 32.6 Å². The molecule has 0 aliphatic carbocycles. The van der Waals surface area contributed by atoms with E-state index in [0.29, 0.717) is 9.86 Å². The molecule has 2 nitrogen and oxygen atoms in total. The van der Waals surface area contributed by atoms with E-state index < -0.39 is 5.82 Å². The molecule has 0 atom stereocenters. The molecule has 13 heavy (non-hydrogen) atoms. The summed E-state index contributed by atoms with van der Waals surface area (Å²) in [6.45, 7) is 1.35. The van der Waals surface area contributed by atoms with E-state index in [0.717, 1.165) is 6.07 Å².